The van der Waals surface area contributed by atoms with Crippen molar-refractivity contribution in [1.82, 2.24) is 9.80 Å². The van der Waals surface area contributed by atoms with Crippen molar-refractivity contribution in [3.63, 3.8) is 0 Å². The van der Waals surface area contributed by atoms with E-state index in [2.05, 4.69) is 0 Å². The van der Waals surface area contributed by atoms with E-state index in [1.54, 1.807) is 16.7 Å². The summed E-state index contributed by atoms with van der Waals surface area (Å²) in [7, 11) is 1.98. The molecule has 0 saturated carbocycles. The summed E-state index contributed by atoms with van der Waals surface area (Å²) in [5, 5.41) is 3.11. The van der Waals surface area contributed by atoms with Crippen LogP contribution in [0.25, 0.3) is 0 Å². The van der Waals surface area contributed by atoms with E-state index in [9.17, 15) is 4.79 Å². The monoisotopic (exact) mass is 284 g/mol. The molecule has 0 atom stereocenters. The minimum absolute atomic E-state index is 0.0120. The van der Waals surface area contributed by atoms with Gasteiger partial charge in [-0.3, -0.25) is 9.69 Å². The van der Waals surface area contributed by atoms with Crippen molar-refractivity contribution in [2.24, 2.45) is 0 Å². The second kappa shape index (κ2) is 5.29. The minimum atomic E-state index is 0.0120. The molecule has 0 bridgehead atoms. The van der Waals surface area contributed by atoms with E-state index in [0.29, 0.717) is 15.8 Å². The molecular weight excluding hydrogens is 272 g/mol. The molecule has 0 aromatic carbocycles. The summed E-state index contributed by atoms with van der Waals surface area (Å²) < 4.78 is 0.646. The van der Waals surface area contributed by atoms with Gasteiger partial charge in [0.1, 0.15) is 4.32 Å². The van der Waals surface area contributed by atoms with E-state index in [-0.39, 0.29) is 5.91 Å². The van der Waals surface area contributed by atoms with Crippen molar-refractivity contribution >= 4 is 46.0 Å². The number of carbonyl (C=O) groups is 1. The van der Waals surface area contributed by atoms with Crippen LogP contribution in [-0.2, 0) is 4.79 Å². The Bertz CT molecular complexity index is 454. The number of allylic oxidation sites excluding steroid dienone is 2. The summed E-state index contributed by atoms with van der Waals surface area (Å²) in [6, 6.07) is 0. The molecule has 1 fully saturated rings. The zero-order valence-electron chi connectivity index (χ0n) is 9.54. The Labute approximate surface area is 115 Å². The molecule has 0 aromatic heterocycles. The molecule has 0 aromatic rings. The van der Waals surface area contributed by atoms with Crippen molar-refractivity contribution in [3.8, 4) is 0 Å². The van der Waals surface area contributed by atoms with Crippen LogP contribution < -0.4 is 0 Å². The topological polar surface area (TPSA) is 23.6 Å². The fraction of sp³-hybridized carbons (Fsp3) is 0.273. The Hall–Kier alpha value is -0.720. The molecule has 0 N–H and O–H groups in total. The first-order valence-electron chi connectivity index (χ1n) is 5.15. The number of amides is 1. The van der Waals surface area contributed by atoms with Gasteiger partial charge in [-0.05, 0) is 24.5 Å². The number of hydrogen-bond acceptors (Lipinski definition) is 5. The maximum absolute atomic E-state index is 11.9. The third kappa shape index (κ3) is 2.59. The molecule has 2 aliphatic rings. The van der Waals surface area contributed by atoms with Crippen molar-refractivity contribution in [1.29, 1.82) is 0 Å². The number of thioether (sulfide) groups is 2. The summed E-state index contributed by atoms with van der Waals surface area (Å²) in [5.74, 6) is 0.0120. The van der Waals surface area contributed by atoms with Crippen LogP contribution in [0.2, 0.25) is 0 Å². The number of carbonyl (C=O) groups excluding carboxylic acids is 1. The van der Waals surface area contributed by atoms with Crippen molar-refractivity contribution in [3.05, 3.63) is 33.7 Å². The highest BCUT2D eigenvalue weighted by atomic mass is 32.2. The molecule has 0 aliphatic carbocycles. The average molecular weight is 284 g/mol. The molecule has 0 spiro atoms. The zero-order chi connectivity index (χ0) is 12.4. The summed E-state index contributed by atoms with van der Waals surface area (Å²) in [5.41, 5.74) is 0. The largest absolute Gasteiger partial charge is 0.345 e. The molecule has 2 heterocycles. The molecule has 1 saturated heterocycles. The standard InChI is InChI=1S/C11H12N2OS3/c1-3-13-10(14)8(17-11(13)15)4-5-9-12(2)6-7-16-9/h4-7H,3H2,1-2H3. The van der Waals surface area contributed by atoms with E-state index in [4.69, 9.17) is 12.2 Å². The average Bonchev–Trinajstić information content (AvgIpc) is 2.81. The first kappa shape index (κ1) is 12.7. The molecule has 0 unspecified atom stereocenters. The van der Waals surface area contributed by atoms with Crippen LogP contribution in [0, 0.1) is 0 Å². The van der Waals surface area contributed by atoms with Gasteiger partial charge in [-0.15, -0.1) is 0 Å². The Balaban J connectivity index is 2.14. The summed E-state index contributed by atoms with van der Waals surface area (Å²) >= 11 is 8.15. The van der Waals surface area contributed by atoms with Gasteiger partial charge < -0.3 is 4.90 Å². The first-order chi connectivity index (χ1) is 8.13. The number of hydrogen-bond donors (Lipinski definition) is 0. The second-order valence-corrected chi connectivity index (χ2v) is 6.07. The normalized spacial score (nSPS) is 24.8. The Morgan fingerprint density at radius 1 is 1.47 bits per heavy atom. The van der Waals surface area contributed by atoms with Crippen molar-refractivity contribution in [2.45, 2.75) is 6.92 Å². The van der Waals surface area contributed by atoms with Gasteiger partial charge in [0.15, 0.2) is 0 Å². The fourth-order valence-corrected chi connectivity index (χ4v) is 3.52. The van der Waals surface area contributed by atoms with Gasteiger partial charge in [0.25, 0.3) is 5.91 Å². The Morgan fingerprint density at radius 2 is 2.24 bits per heavy atom. The van der Waals surface area contributed by atoms with Gasteiger partial charge >= 0.3 is 0 Å². The van der Waals surface area contributed by atoms with E-state index >= 15 is 0 Å². The third-order valence-corrected chi connectivity index (χ3v) is 4.71. The molecule has 90 valence electrons. The molecule has 2 rings (SSSR count). The fourth-order valence-electron chi connectivity index (χ4n) is 1.44. The molecule has 0 radical (unpaired) electrons. The number of likely N-dealkylation sites (N-methyl/N-ethyl adjacent to an activating group) is 1. The van der Waals surface area contributed by atoms with Crippen LogP contribution in [0.15, 0.2) is 33.7 Å². The van der Waals surface area contributed by atoms with E-state index < -0.39 is 0 Å². The lowest BCUT2D eigenvalue weighted by molar-refractivity contribution is -0.122. The van der Waals surface area contributed by atoms with Gasteiger partial charge in [0.2, 0.25) is 0 Å². The minimum Gasteiger partial charge on any atom is -0.345 e. The van der Waals surface area contributed by atoms with Gasteiger partial charge in [0, 0.05) is 19.8 Å². The van der Waals surface area contributed by atoms with E-state index in [1.807, 2.05) is 42.6 Å². The molecule has 17 heavy (non-hydrogen) atoms. The van der Waals surface area contributed by atoms with Crippen LogP contribution in [0.1, 0.15) is 6.92 Å². The second-order valence-electron chi connectivity index (χ2n) is 3.47. The third-order valence-electron chi connectivity index (χ3n) is 2.39. The molecular formula is C11H12N2OS3. The Kier molecular flexibility index (Phi) is 3.96. The SMILES string of the molecule is CCN1C(=O)C(=CC=C2SC=CN2C)SC1=S. The van der Waals surface area contributed by atoms with Crippen LogP contribution >= 0.6 is 35.7 Å². The number of nitrogens with zero attached hydrogens (tertiary/aromatic N) is 2. The van der Waals surface area contributed by atoms with E-state index in [1.165, 1.54) is 11.8 Å². The van der Waals surface area contributed by atoms with Crippen LogP contribution in [0.3, 0.4) is 0 Å². The maximum Gasteiger partial charge on any atom is 0.266 e. The van der Waals surface area contributed by atoms with Gasteiger partial charge in [-0.1, -0.05) is 35.7 Å². The number of thiocarbonyl (C=S) groups is 1. The van der Waals surface area contributed by atoms with Crippen molar-refractivity contribution < 1.29 is 4.79 Å². The molecule has 6 heteroatoms. The quantitative estimate of drug-likeness (QED) is 0.573. The maximum atomic E-state index is 11.9. The predicted octanol–water partition coefficient (Wildman–Crippen LogP) is 2.74. The summed E-state index contributed by atoms with van der Waals surface area (Å²) in [4.78, 5) is 16.3. The molecule has 2 aliphatic heterocycles. The van der Waals surface area contributed by atoms with Gasteiger partial charge in [-0.2, -0.15) is 0 Å². The smallest absolute Gasteiger partial charge is 0.266 e. The highest BCUT2D eigenvalue weighted by Crippen LogP contribution is 2.32. The highest BCUT2D eigenvalue weighted by Gasteiger charge is 2.30. The van der Waals surface area contributed by atoms with E-state index in [0.717, 1.165) is 5.03 Å². The van der Waals surface area contributed by atoms with Crippen LogP contribution in [0.4, 0.5) is 0 Å². The first-order valence-corrected chi connectivity index (χ1v) is 7.25. The lowest BCUT2D eigenvalue weighted by Crippen LogP contribution is -2.27. The Morgan fingerprint density at radius 3 is 2.76 bits per heavy atom. The summed E-state index contributed by atoms with van der Waals surface area (Å²) in [6.07, 6.45) is 5.79. The van der Waals surface area contributed by atoms with Crippen LogP contribution in [0.5, 0.6) is 0 Å². The zero-order valence-corrected chi connectivity index (χ0v) is 12.0. The lowest BCUT2D eigenvalue weighted by atomic mass is 10.4. The molecule has 3 nitrogen and oxygen atoms in total. The molecule has 1 amide bonds. The lowest BCUT2D eigenvalue weighted by Gasteiger charge is -2.09. The highest BCUT2D eigenvalue weighted by molar-refractivity contribution is 8.26. The van der Waals surface area contributed by atoms with Crippen LogP contribution in [-0.4, -0.2) is 33.6 Å². The van der Waals surface area contributed by atoms with Gasteiger partial charge in [-0.25, -0.2) is 0 Å². The predicted molar refractivity (Wildman–Crippen MR) is 78.2 cm³/mol. The van der Waals surface area contributed by atoms with Gasteiger partial charge in [0.05, 0.1) is 9.93 Å². The van der Waals surface area contributed by atoms with Crippen molar-refractivity contribution in [2.75, 3.05) is 13.6 Å². The number of rotatable bonds is 2. The summed E-state index contributed by atoms with van der Waals surface area (Å²) in [6.45, 7) is 2.56.